The molecule has 136 valence electrons. The number of likely N-dealkylation sites (tertiary alicyclic amines) is 1. The quantitative estimate of drug-likeness (QED) is 0.863. The normalized spacial score (nSPS) is 16.8. The van der Waals surface area contributed by atoms with Crippen molar-refractivity contribution in [1.82, 2.24) is 10.2 Å². The minimum absolute atomic E-state index is 0.0344. The standard InChI is InChI=1S/C20H20F2N2O2/c21-17-5-1-14(2-6-17)9-19(25)23-11-16-10-20(26)24(13-16)12-15-3-7-18(22)8-4-15/h1-8,16H,9-13H2,(H,23,25)/t16-/m0/s1. The van der Waals surface area contributed by atoms with E-state index in [1.807, 2.05) is 0 Å². The van der Waals surface area contributed by atoms with E-state index in [-0.39, 0.29) is 35.8 Å². The molecule has 1 atom stereocenters. The van der Waals surface area contributed by atoms with Crippen LogP contribution in [0.25, 0.3) is 0 Å². The molecule has 0 aliphatic carbocycles. The van der Waals surface area contributed by atoms with E-state index in [9.17, 15) is 18.4 Å². The summed E-state index contributed by atoms with van der Waals surface area (Å²) in [6, 6.07) is 11.9. The second kappa shape index (κ2) is 8.08. The smallest absolute Gasteiger partial charge is 0.224 e. The molecule has 0 bridgehead atoms. The molecule has 2 amide bonds. The molecule has 0 aromatic heterocycles. The summed E-state index contributed by atoms with van der Waals surface area (Å²) in [6.45, 7) is 1.43. The van der Waals surface area contributed by atoms with Crippen molar-refractivity contribution in [2.75, 3.05) is 13.1 Å². The van der Waals surface area contributed by atoms with E-state index in [1.54, 1.807) is 29.2 Å². The van der Waals surface area contributed by atoms with Crippen LogP contribution in [0.3, 0.4) is 0 Å². The lowest BCUT2D eigenvalue weighted by atomic mass is 10.1. The highest BCUT2D eigenvalue weighted by Gasteiger charge is 2.29. The minimum Gasteiger partial charge on any atom is -0.355 e. The molecule has 1 saturated heterocycles. The van der Waals surface area contributed by atoms with E-state index in [0.717, 1.165) is 11.1 Å². The van der Waals surface area contributed by atoms with Crippen LogP contribution in [-0.2, 0) is 22.6 Å². The predicted octanol–water partition coefficient (Wildman–Crippen LogP) is 2.67. The third-order valence-electron chi connectivity index (χ3n) is 4.45. The molecule has 4 nitrogen and oxygen atoms in total. The van der Waals surface area contributed by atoms with Gasteiger partial charge in [-0.1, -0.05) is 24.3 Å². The van der Waals surface area contributed by atoms with Gasteiger partial charge in [-0.05, 0) is 35.4 Å². The van der Waals surface area contributed by atoms with E-state index in [4.69, 9.17) is 0 Å². The van der Waals surface area contributed by atoms with E-state index in [2.05, 4.69) is 5.32 Å². The number of amides is 2. The van der Waals surface area contributed by atoms with Gasteiger partial charge in [0.1, 0.15) is 11.6 Å². The van der Waals surface area contributed by atoms with Gasteiger partial charge in [-0.15, -0.1) is 0 Å². The van der Waals surface area contributed by atoms with Crippen LogP contribution in [0.15, 0.2) is 48.5 Å². The Bertz CT molecular complexity index is 775. The van der Waals surface area contributed by atoms with Crippen molar-refractivity contribution in [3.05, 3.63) is 71.3 Å². The minimum atomic E-state index is -0.333. The van der Waals surface area contributed by atoms with E-state index in [1.165, 1.54) is 24.3 Å². The van der Waals surface area contributed by atoms with Crippen molar-refractivity contribution in [2.45, 2.75) is 19.4 Å². The van der Waals surface area contributed by atoms with Crippen molar-refractivity contribution in [3.63, 3.8) is 0 Å². The molecule has 1 N–H and O–H groups in total. The highest BCUT2D eigenvalue weighted by atomic mass is 19.1. The maximum Gasteiger partial charge on any atom is 0.224 e. The maximum atomic E-state index is 13.0. The van der Waals surface area contributed by atoms with Crippen molar-refractivity contribution >= 4 is 11.8 Å². The SMILES string of the molecule is O=C(Cc1ccc(F)cc1)NC[C@@H]1CC(=O)N(Cc2ccc(F)cc2)C1. The molecule has 0 spiro atoms. The maximum absolute atomic E-state index is 13.0. The molecule has 0 saturated carbocycles. The molecule has 6 heteroatoms. The number of hydrogen-bond acceptors (Lipinski definition) is 2. The lowest BCUT2D eigenvalue weighted by Crippen LogP contribution is -2.32. The summed E-state index contributed by atoms with van der Waals surface area (Å²) in [5.74, 6) is -0.698. The van der Waals surface area contributed by atoms with Crippen LogP contribution in [-0.4, -0.2) is 29.8 Å². The number of benzene rings is 2. The summed E-state index contributed by atoms with van der Waals surface area (Å²) in [5.41, 5.74) is 1.62. The zero-order chi connectivity index (χ0) is 18.5. The van der Waals surface area contributed by atoms with Crippen LogP contribution in [0.2, 0.25) is 0 Å². The molecule has 1 aliphatic heterocycles. The van der Waals surface area contributed by atoms with Gasteiger partial charge in [-0.3, -0.25) is 9.59 Å². The second-order valence-electron chi connectivity index (χ2n) is 6.58. The van der Waals surface area contributed by atoms with Crippen LogP contribution in [0, 0.1) is 17.6 Å². The zero-order valence-electron chi connectivity index (χ0n) is 14.3. The fourth-order valence-corrected chi connectivity index (χ4v) is 3.06. The average molecular weight is 358 g/mol. The molecule has 2 aromatic rings. The van der Waals surface area contributed by atoms with Gasteiger partial charge in [0, 0.05) is 32.0 Å². The third-order valence-corrected chi connectivity index (χ3v) is 4.45. The van der Waals surface area contributed by atoms with Gasteiger partial charge in [-0.25, -0.2) is 8.78 Å². The number of nitrogens with one attached hydrogen (secondary N) is 1. The van der Waals surface area contributed by atoms with Gasteiger partial charge in [0.15, 0.2) is 0 Å². The average Bonchev–Trinajstić information content (AvgIpc) is 2.97. The lowest BCUT2D eigenvalue weighted by Gasteiger charge is -2.17. The molecule has 0 radical (unpaired) electrons. The Hall–Kier alpha value is -2.76. The first-order valence-electron chi connectivity index (χ1n) is 8.53. The highest BCUT2D eigenvalue weighted by molar-refractivity contribution is 5.80. The third kappa shape index (κ3) is 4.88. The molecule has 0 unspecified atom stereocenters. The Labute approximate surface area is 150 Å². The fraction of sp³-hybridized carbons (Fsp3) is 0.300. The zero-order valence-corrected chi connectivity index (χ0v) is 14.3. The Kier molecular flexibility index (Phi) is 5.61. The van der Waals surface area contributed by atoms with Gasteiger partial charge in [0.05, 0.1) is 6.42 Å². The number of nitrogens with zero attached hydrogens (tertiary/aromatic N) is 1. The van der Waals surface area contributed by atoms with Crippen LogP contribution in [0.1, 0.15) is 17.5 Å². The van der Waals surface area contributed by atoms with Crippen molar-refractivity contribution < 1.29 is 18.4 Å². The van der Waals surface area contributed by atoms with Gasteiger partial charge in [0.2, 0.25) is 11.8 Å². The lowest BCUT2D eigenvalue weighted by molar-refractivity contribution is -0.128. The van der Waals surface area contributed by atoms with E-state index >= 15 is 0 Å². The molecule has 1 heterocycles. The monoisotopic (exact) mass is 358 g/mol. The Morgan fingerprint density at radius 3 is 2.19 bits per heavy atom. The fourth-order valence-electron chi connectivity index (χ4n) is 3.06. The topological polar surface area (TPSA) is 49.4 Å². The van der Waals surface area contributed by atoms with Crippen LogP contribution in [0.5, 0.6) is 0 Å². The summed E-state index contributed by atoms with van der Waals surface area (Å²) >= 11 is 0. The first-order valence-corrected chi connectivity index (χ1v) is 8.53. The van der Waals surface area contributed by atoms with Gasteiger partial charge >= 0.3 is 0 Å². The summed E-state index contributed by atoms with van der Waals surface area (Å²) in [5, 5.41) is 2.84. The molecule has 1 fully saturated rings. The van der Waals surface area contributed by atoms with Gasteiger partial charge < -0.3 is 10.2 Å². The molecule has 1 aliphatic rings. The molecular formula is C20H20F2N2O2. The highest BCUT2D eigenvalue weighted by Crippen LogP contribution is 2.20. The van der Waals surface area contributed by atoms with Gasteiger partial charge in [-0.2, -0.15) is 0 Å². The molecule has 3 rings (SSSR count). The number of hydrogen-bond donors (Lipinski definition) is 1. The predicted molar refractivity (Wildman–Crippen MR) is 93.0 cm³/mol. The van der Waals surface area contributed by atoms with Gasteiger partial charge in [0.25, 0.3) is 0 Å². The first kappa shape index (κ1) is 18.0. The first-order chi connectivity index (χ1) is 12.5. The molecule has 26 heavy (non-hydrogen) atoms. The number of carbonyl (C=O) groups is 2. The Morgan fingerprint density at radius 1 is 1.00 bits per heavy atom. The second-order valence-corrected chi connectivity index (χ2v) is 6.58. The van der Waals surface area contributed by atoms with E-state index in [0.29, 0.717) is 26.1 Å². The van der Waals surface area contributed by atoms with Crippen LogP contribution in [0.4, 0.5) is 8.78 Å². The van der Waals surface area contributed by atoms with Crippen molar-refractivity contribution in [2.24, 2.45) is 5.92 Å². The van der Waals surface area contributed by atoms with E-state index < -0.39 is 0 Å². The van der Waals surface area contributed by atoms with Crippen molar-refractivity contribution in [1.29, 1.82) is 0 Å². The summed E-state index contributed by atoms with van der Waals surface area (Å²) in [4.78, 5) is 25.9. The number of carbonyl (C=O) groups excluding carboxylic acids is 2. The number of rotatable bonds is 6. The summed E-state index contributed by atoms with van der Waals surface area (Å²) in [7, 11) is 0. The number of halogens is 2. The van der Waals surface area contributed by atoms with Crippen LogP contribution < -0.4 is 5.32 Å². The Morgan fingerprint density at radius 2 is 1.58 bits per heavy atom. The Balaban J connectivity index is 1.45. The van der Waals surface area contributed by atoms with Crippen molar-refractivity contribution in [3.8, 4) is 0 Å². The van der Waals surface area contributed by atoms with Crippen LogP contribution >= 0.6 is 0 Å². The molecular weight excluding hydrogens is 338 g/mol. The molecule has 2 aromatic carbocycles. The summed E-state index contributed by atoms with van der Waals surface area (Å²) < 4.78 is 25.8. The largest absolute Gasteiger partial charge is 0.355 e. The summed E-state index contributed by atoms with van der Waals surface area (Å²) in [6.07, 6.45) is 0.568.